The summed E-state index contributed by atoms with van der Waals surface area (Å²) in [6.07, 6.45) is 1.31. The van der Waals surface area contributed by atoms with Crippen LogP contribution in [0.3, 0.4) is 0 Å². The summed E-state index contributed by atoms with van der Waals surface area (Å²) in [5, 5.41) is 3.47. The smallest absolute Gasteiger partial charge is 0.0107 e. The maximum Gasteiger partial charge on any atom is 0.0107 e. The summed E-state index contributed by atoms with van der Waals surface area (Å²) in [7, 11) is 0. The molecule has 1 atom stereocenters. The standard InChI is InChI=1S/C9H20N2/c1-3-9-7-10-5-6-11(4-2)8-9/h9-10H,3-8H2,1-2H3. The Kier molecular flexibility index (Phi) is 3.87. The van der Waals surface area contributed by atoms with E-state index in [0.29, 0.717) is 0 Å². The monoisotopic (exact) mass is 156 g/mol. The van der Waals surface area contributed by atoms with Crippen molar-refractivity contribution in [2.75, 3.05) is 32.7 Å². The van der Waals surface area contributed by atoms with Crippen LogP contribution in [0.25, 0.3) is 0 Å². The Morgan fingerprint density at radius 2 is 2.27 bits per heavy atom. The zero-order valence-corrected chi connectivity index (χ0v) is 7.77. The third-order valence-electron chi connectivity index (χ3n) is 2.58. The maximum absolute atomic E-state index is 3.47. The van der Waals surface area contributed by atoms with Gasteiger partial charge in [0, 0.05) is 19.6 Å². The molecule has 2 heteroatoms. The molecule has 0 bridgehead atoms. The summed E-state index contributed by atoms with van der Waals surface area (Å²) < 4.78 is 0. The van der Waals surface area contributed by atoms with Crippen molar-refractivity contribution in [1.29, 1.82) is 0 Å². The fraction of sp³-hybridized carbons (Fsp3) is 1.00. The van der Waals surface area contributed by atoms with Gasteiger partial charge >= 0.3 is 0 Å². The van der Waals surface area contributed by atoms with Gasteiger partial charge in [-0.1, -0.05) is 20.3 Å². The number of nitrogens with zero attached hydrogens (tertiary/aromatic N) is 1. The molecule has 0 amide bonds. The average Bonchev–Trinajstić information content (AvgIpc) is 2.28. The van der Waals surface area contributed by atoms with Crippen LogP contribution in [-0.2, 0) is 0 Å². The highest BCUT2D eigenvalue weighted by atomic mass is 15.1. The molecule has 0 spiro atoms. The molecule has 2 nitrogen and oxygen atoms in total. The van der Waals surface area contributed by atoms with Crippen molar-refractivity contribution in [3.05, 3.63) is 0 Å². The van der Waals surface area contributed by atoms with E-state index < -0.39 is 0 Å². The summed E-state index contributed by atoms with van der Waals surface area (Å²) in [6.45, 7) is 10.6. The lowest BCUT2D eigenvalue weighted by Gasteiger charge is -2.20. The van der Waals surface area contributed by atoms with E-state index in [2.05, 4.69) is 24.1 Å². The zero-order valence-electron chi connectivity index (χ0n) is 7.77. The van der Waals surface area contributed by atoms with Gasteiger partial charge in [0.15, 0.2) is 0 Å². The van der Waals surface area contributed by atoms with Crippen LogP contribution in [0.15, 0.2) is 0 Å². The molecule has 66 valence electrons. The van der Waals surface area contributed by atoms with Crippen LogP contribution in [0.1, 0.15) is 20.3 Å². The SMILES string of the molecule is CCC1CNCCN(CC)C1. The number of rotatable bonds is 2. The molecule has 1 aliphatic heterocycles. The topological polar surface area (TPSA) is 15.3 Å². The molecule has 1 aliphatic rings. The molecule has 1 rings (SSSR count). The molecular weight excluding hydrogens is 136 g/mol. The van der Waals surface area contributed by atoms with Crippen molar-refractivity contribution < 1.29 is 0 Å². The minimum absolute atomic E-state index is 0.873. The van der Waals surface area contributed by atoms with E-state index in [1.54, 1.807) is 0 Å². The molecule has 0 aromatic rings. The highest BCUT2D eigenvalue weighted by molar-refractivity contribution is 4.71. The van der Waals surface area contributed by atoms with Crippen LogP contribution in [0.2, 0.25) is 0 Å². The van der Waals surface area contributed by atoms with Crippen molar-refractivity contribution in [3.63, 3.8) is 0 Å². The minimum atomic E-state index is 0.873. The Bertz CT molecular complexity index is 91.7. The number of hydrogen-bond donors (Lipinski definition) is 1. The summed E-state index contributed by atoms with van der Waals surface area (Å²) in [5.41, 5.74) is 0. The molecule has 0 radical (unpaired) electrons. The van der Waals surface area contributed by atoms with Gasteiger partial charge in [-0.05, 0) is 19.0 Å². The molecule has 0 aliphatic carbocycles. The van der Waals surface area contributed by atoms with Gasteiger partial charge in [-0.25, -0.2) is 0 Å². The first-order chi connectivity index (χ1) is 5.36. The van der Waals surface area contributed by atoms with E-state index in [0.717, 1.165) is 5.92 Å². The van der Waals surface area contributed by atoms with E-state index in [9.17, 15) is 0 Å². The van der Waals surface area contributed by atoms with Gasteiger partial charge in [-0.2, -0.15) is 0 Å². The first kappa shape index (κ1) is 9.01. The van der Waals surface area contributed by atoms with Gasteiger partial charge in [-0.15, -0.1) is 0 Å². The van der Waals surface area contributed by atoms with E-state index in [1.165, 1.54) is 39.1 Å². The molecule has 1 saturated heterocycles. The third-order valence-corrected chi connectivity index (χ3v) is 2.58. The van der Waals surface area contributed by atoms with E-state index in [1.807, 2.05) is 0 Å². The predicted octanol–water partition coefficient (Wildman–Crippen LogP) is 0.938. The second-order valence-electron chi connectivity index (χ2n) is 3.37. The number of hydrogen-bond acceptors (Lipinski definition) is 2. The quantitative estimate of drug-likeness (QED) is 0.640. The summed E-state index contributed by atoms with van der Waals surface area (Å²) in [6, 6.07) is 0. The highest BCUT2D eigenvalue weighted by Gasteiger charge is 2.14. The van der Waals surface area contributed by atoms with Crippen LogP contribution < -0.4 is 5.32 Å². The van der Waals surface area contributed by atoms with Crippen molar-refractivity contribution in [1.82, 2.24) is 10.2 Å². The molecule has 1 heterocycles. The van der Waals surface area contributed by atoms with Gasteiger partial charge in [0.2, 0.25) is 0 Å². The normalized spacial score (nSPS) is 28.4. The maximum atomic E-state index is 3.47. The molecule has 1 N–H and O–H groups in total. The largest absolute Gasteiger partial charge is 0.315 e. The Morgan fingerprint density at radius 1 is 1.45 bits per heavy atom. The van der Waals surface area contributed by atoms with Crippen LogP contribution in [0.4, 0.5) is 0 Å². The van der Waals surface area contributed by atoms with Crippen molar-refractivity contribution in [2.45, 2.75) is 20.3 Å². The lowest BCUT2D eigenvalue weighted by molar-refractivity contribution is 0.267. The van der Waals surface area contributed by atoms with Crippen molar-refractivity contribution >= 4 is 0 Å². The Hall–Kier alpha value is -0.0800. The van der Waals surface area contributed by atoms with Gasteiger partial charge in [0.05, 0.1) is 0 Å². The first-order valence-electron chi connectivity index (χ1n) is 4.79. The molecule has 1 unspecified atom stereocenters. The lowest BCUT2D eigenvalue weighted by atomic mass is 10.1. The molecule has 0 aromatic carbocycles. The predicted molar refractivity (Wildman–Crippen MR) is 48.8 cm³/mol. The van der Waals surface area contributed by atoms with E-state index in [4.69, 9.17) is 0 Å². The van der Waals surface area contributed by atoms with Gasteiger partial charge in [0.25, 0.3) is 0 Å². The second-order valence-corrected chi connectivity index (χ2v) is 3.37. The number of nitrogens with one attached hydrogen (secondary N) is 1. The van der Waals surface area contributed by atoms with E-state index in [-0.39, 0.29) is 0 Å². The Morgan fingerprint density at radius 3 is 2.91 bits per heavy atom. The lowest BCUT2D eigenvalue weighted by Crippen LogP contribution is -2.29. The Balaban J connectivity index is 2.33. The average molecular weight is 156 g/mol. The molecule has 11 heavy (non-hydrogen) atoms. The van der Waals surface area contributed by atoms with Gasteiger partial charge in [-0.3, -0.25) is 0 Å². The van der Waals surface area contributed by atoms with Gasteiger partial charge < -0.3 is 10.2 Å². The van der Waals surface area contributed by atoms with Crippen LogP contribution >= 0.6 is 0 Å². The van der Waals surface area contributed by atoms with Crippen LogP contribution in [0.5, 0.6) is 0 Å². The number of likely N-dealkylation sites (N-methyl/N-ethyl adjacent to an activating group) is 1. The fourth-order valence-corrected chi connectivity index (χ4v) is 1.62. The van der Waals surface area contributed by atoms with Gasteiger partial charge in [0.1, 0.15) is 0 Å². The highest BCUT2D eigenvalue weighted by Crippen LogP contribution is 2.06. The van der Waals surface area contributed by atoms with Crippen molar-refractivity contribution in [3.8, 4) is 0 Å². The first-order valence-corrected chi connectivity index (χ1v) is 4.79. The molecule has 1 fully saturated rings. The van der Waals surface area contributed by atoms with Crippen LogP contribution in [0, 0.1) is 5.92 Å². The third kappa shape index (κ3) is 2.80. The minimum Gasteiger partial charge on any atom is -0.315 e. The Labute approximate surface area is 70.0 Å². The molecular formula is C9H20N2. The van der Waals surface area contributed by atoms with E-state index >= 15 is 0 Å². The molecule has 0 aromatic heterocycles. The summed E-state index contributed by atoms with van der Waals surface area (Å²) >= 11 is 0. The zero-order chi connectivity index (χ0) is 8.10. The summed E-state index contributed by atoms with van der Waals surface area (Å²) in [5.74, 6) is 0.873. The summed E-state index contributed by atoms with van der Waals surface area (Å²) in [4.78, 5) is 2.54. The van der Waals surface area contributed by atoms with Crippen molar-refractivity contribution in [2.24, 2.45) is 5.92 Å². The second kappa shape index (κ2) is 4.73. The molecule has 0 saturated carbocycles. The van der Waals surface area contributed by atoms with Crippen LogP contribution in [-0.4, -0.2) is 37.6 Å². The fourth-order valence-electron chi connectivity index (χ4n) is 1.62.